The molecule has 0 aliphatic rings. The minimum atomic E-state index is -1.03. The molecule has 0 aliphatic heterocycles. The van der Waals surface area contributed by atoms with Crippen LogP contribution in [0.3, 0.4) is 0 Å². The fourth-order valence-electron chi connectivity index (χ4n) is 2.82. The first-order chi connectivity index (χ1) is 15.2. The van der Waals surface area contributed by atoms with Crippen molar-refractivity contribution in [2.45, 2.75) is 26.9 Å². The smallest absolute Gasteiger partial charge is 0.346 e. The third kappa shape index (κ3) is 4.66. The molecule has 1 aromatic heterocycles. The standard InChI is InChI=1S/C21H20FN3O7/c1-5-30-18-10-16(25(27)28)14(9-17(18)29-4)21(26)31-12(3)20-23-19(24-32-20)13-7-6-11(2)15(22)8-13/h6-10,12H,5H2,1-4H3. The Balaban J connectivity index is 1.85. The van der Waals surface area contributed by atoms with Crippen molar-refractivity contribution in [3.8, 4) is 22.9 Å². The molecule has 0 saturated heterocycles. The van der Waals surface area contributed by atoms with E-state index >= 15 is 0 Å². The molecular formula is C21H20FN3O7. The maximum Gasteiger partial charge on any atom is 0.346 e. The van der Waals surface area contributed by atoms with Crippen molar-refractivity contribution in [2.75, 3.05) is 13.7 Å². The Bertz CT molecular complexity index is 1160. The Morgan fingerprint density at radius 3 is 2.66 bits per heavy atom. The number of halogens is 1. The fraction of sp³-hybridized carbons (Fsp3) is 0.286. The number of nitro benzene ring substituents is 1. The van der Waals surface area contributed by atoms with Crippen LogP contribution in [0.5, 0.6) is 11.5 Å². The van der Waals surface area contributed by atoms with Gasteiger partial charge in [0.25, 0.3) is 11.6 Å². The van der Waals surface area contributed by atoms with Crippen LogP contribution in [-0.2, 0) is 4.74 Å². The largest absolute Gasteiger partial charge is 0.493 e. The molecule has 1 heterocycles. The number of benzene rings is 2. The van der Waals surface area contributed by atoms with E-state index in [0.29, 0.717) is 11.1 Å². The van der Waals surface area contributed by atoms with Crippen LogP contribution in [0.15, 0.2) is 34.9 Å². The van der Waals surface area contributed by atoms with E-state index in [2.05, 4.69) is 10.1 Å². The Labute approximate surface area is 182 Å². The highest BCUT2D eigenvalue weighted by molar-refractivity contribution is 5.95. The van der Waals surface area contributed by atoms with Crippen molar-refractivity contribution in [1.29, 1.82) is 0 Å². The summed E-state index contributed by atoms with van der Waals surface area (Å²) in [5.41, 5.74) is 0.0101. The van der Waals surface area contributed by atoms with E-state index < -0.39 is 28.5 Å². The summed E-state index contributed by atoms with van der Waals surface area (Å²) in [5.74, 6) is -1.11. The quantitative estimate of drug-likeness (QED) is 0.281. The Morgan fingerprint density at radius 2 is 2.03 bits per heavy atom. The topological polar surface area (TPSA) is 127 Å². The van der Waals surface area contributed by atoms with Gasteiger partial charge in [-0.2, -0.15) is 4.98 Å². The second kappa shape index (κ2) is 9.41. The number of aryl methyl sites for hydroxylation is 1. The van der Waals surface area contributed by atoms with Crippen molar-refractivity contribution >= 4 is 11.7 Å². The summed E-state index contributed by atoms with van der Waals surface area (Å²) in [7, 11) is 1.34. The zero-order valence-electron chi connectivity index (χ0n) is 17.7. The predicted octanol–water partition coefficient (Wildman–Crippen LogP) is 4.42. The first-order valence-corrected chi connectivity index (χ1v) is 9.55. The second-order valence-electron chi connectivity index (χ2n) is 6.68. The van der Waals surface area contributed by atoms with Gasteiger partial charge in [-0.15, -0.1) is 0 Å². The van der Waals surface area contributed by atoms with Gasteiger partial charge in [0.05, 0.1) is 24.7 Å². The molecular weight excluding hydrogens is 425 g/mol. The fourth-order valence-corrected chi connectivity index (χ4v) is 2.82. The number of methoxy groups -OCH3 is 1. The van der Waals surface area contributed by atoms with Crippen LogP contribution in [-0.4, -0.2) is 34.7 Å². The molecule has 32 heavy (non-hydrogen) atoms. The number of esters is 1. The molecule has 10 nitrogen and oxygen atoms in total. The van der Waals surface area contributed by atoms with E-state index in [9.17, 15) is 19.3 Å². The number of carbonyl (C=O) groups is 1. The van der Waals surface area contributed by atoms with E-state index in [1.165, 1.54) is 26.2 Å². The van der Waals surface area contributed by atoms with Gasteiger partial charge >= 0.3 is 5.97 Å². The number of hydrogen-bond donors (Lipinski definition) is 0. The maximum absolute atomic E-state index is 13.8. The Morgan fingerprint density at radius 1 is 1.28 bits per heavy atom. The van der Waals surface area contributed by atoms with Gasteiger partial charge in [0.1, 0.15) is 11.4 Å². The number of nitrogens with zero attached hydrogens (tertiary/aromatic N) is 3. The van der Waals surface area contributed by atoms with E-state index in [1.807, 2.05) is 0 Å². The van der Waals surface area contributed by atoms with Gasteiger partial charge in [0.2, 0.25) is 5.82 Å². The molecule has 0 fully saturated rings. The molecule has 2 aromatic carbocycles. The summed E-state index contributed by atoms with van der Waals surface area (Å²) >= 11 is 0. The number of carbonyl (C=O) groups excluding carboxylic acids is 1. The van der Waals surface area contributed by atoms with Crippen LogP contribution in [0.25, 0.3) is 11.4 Å². The molecule has 11 heteroatoms. The average Bonchev–Trinajstić information content (AvgIpc) is 3.26. The Kier molecular flexibility index (Phi) is 6.67. The summed E-state index contributed by atoms with van der Waals surface area (Å²) < 4.78 is 34.7. The summed E-state index contributed by atoms with van der Waals surface area (Å²) in [4.78, 5) is 27.6. The van der Waals surface area contributed by atoms with E-state index in [4.69, 9.17) is 18.7 Å². The highest BCUT2D eigenvalue weighted by atomic mass is 19.1. The predicted molar refractivity (Wildman–Crippen MR) is 109 cm³/mol. The minimum absolute atomic E-state index is 0.0603. The zero-order valence-corrected chi connectivity index (χ0v) is 17.7. The summed E-state index contributed by atoms with van der Waals surface area (Å²) in [6, 6.07) is 6.73. The van der Waals surface area contributed by atoms with Gasteiger partial charge in [0.15, 0.2) is 17.6 Å². The molecule has 0 amide bonds. The molecule has 1 unspecified atom stereocenters. The number of rotatable bonds is 8. The first kappa shape index (κ1) is 22.7. The average molecular weight is 445 g/mol. The number of aromatic nitrogens is 2. The minimum Gasteiger partial charge on any atom is -0.493 e. The van der Waals surface area contributed by atoms with Crippen LogP contribution in [0, 0.1) is 22.9 Å². The normalized spacial score (nSPS) is 11.7. The van der Waals surface area contributed by atoms with Gasteiger partial charge in [-0.3, -0.25) is 10.1 Å². The summed E-state index contributed by atoms with van der Waals surface area (Å²) in [5, 5.41) is 15.3. The number of nitro groups is 1. The molecule has 3 aromatic rings. The highest BCUT2D eigenvalue weighted by Gasteiger charge is 2.28. The van der Waals surface area contributed by atoms with Gasteiger partial charge in [-0.25, -0.2) is 9.18 Å². The molecule has 0 saturated carbocycles. The van der Waals surface area contributed by atoms with Crippen LogP contribution in [0.4, 0.5) is 10.1 Å². The number of ether oxygens (including phenoxy) is 3. The summed E-state index contributed by atoms with van der Waals surface area (Å²) in [6.07, 6.45) is -1.03. The van der Waals surface area contributed by atoms with Gasteiger partial charge in [-0.1, -0.05) is 17.3 Å². The third-order valence-electron chi connectivity index (χ3n) is 4.50. The lowest BCUT2D eigenvalue weighted by Gasteiger charge is -2.13. The lowest BCUT2D eigenvalue weighted by Crippen LogP contribution is -2.12. The lowest BCUT2D eigenvalue weighted by molar-refractivity contribution is -0.385. The monoisotopic (exact) mass is 445 g/mol. The van der Waals surface area contributed by atoms with Crippen molar-refractivity contribution in [3.05, 3.63) is 63.3 Å². The van der Waals surface area contributed by atoms with Crippen LogP contribution in [0.2, 0.25) is 0 Å². The zero-order chi connectivity index (χ0) is 23.4. The van der Waals surface area contributed by atoms with Crippen molar-refractivity contribution in [3.63, 3.8) is 0 Å². The van der Waals surface area contributed by atoms with Gasteiger partial charge in [-0.05, 0) is 32.4 Å². The molecule has 0 aliphatic carbocycles. The van der Waals surface area contributed by atoms with Crippen LogP contribution < -0.4 is 9.47 Å². The van der Waals surface area contributed by atoms with Crippen molar-refractivity contribution < 1.29 is 32.8 Å². The molecule has 0 N–H and O–H groups in total. The van der Waals surface area contributed by atoms with Crippen molar-refractivity contribution in [2.24, 2.45) is 0 Å². The summed E-state index contributed by atoms with van der Waals surface area (Å²) in [6.45, 7) is 5.04. The Hall–Kier alpha value is -4.02. The van der Waals surface area contributed by atoms with Gasteiger partial charge < -0.3 is 18.7 Å². The van der Waals surface area contributed by atoms with Gasteiger partial charge in [0, 0.05) is 11.6 Å². The van der Waals surface area contributed by atoms with Crippen LogP contribution in [0.1, 0.15) is 41.8 Å². The third-order valence-corrected chi connectivity index (χ3v) is 4.50. The molecule has 0 bridgehead atoms. The molecule has 0 radical (unpaired) electrons. The lowest BCUT2D eigenvalue weighted by atomic mass is 10.1. The van der Waals surface area contributed by atoms with Crippen molar-refractivity contribution in [1.82, 2.24) is 10.1 Å². The first-order valence-electron chi connectivity index (χ1n) is 9.55. The molecule has 0 spiro atoms. The molecule has 3 rings (SSSR count). The van der Waals surface area contributed by atoms with Crippen LogP contribution >= 0.6 is 0 Å². The van der Waals surface area contributed by atoms with E-state index in [0.717, 1.165) is 6.07 Å². The highest BCUT2D eigenvalue weighted by Crippen LogP contribution is 2.36. The number of hydrogen-bond acceptors (Lipinski definition) is 9. The maximum atomic E-state index is 13.8. The molecule has 1 atom stereocenters. The SMILES string of the molecule is CCOc1cc([N+](=O)[O-])c(C(=O)OC(C)c2nc(-c3ccc(C)c(F)c3)no2)cc1OC. The second-order valence-corrected chi connectivity index (χ2v) is 6.68. The molecule has 168 valence electrons. The van der Waals surface area contributed by atoms with E-state index in [1.54, 1.807) is 26.0 Å². The van der Waals surface area contributed by atoms with E-state index in [-0.39, 0.29) is 35.4 Å².